The minimum atomic E-state index is -0.329. The van der Waals surface area contributed by atoms with Gasteiger partial charge in [0.25, 0.3) is 11.9 Å². The Morgan fingerprint density at radius 3 is 2.72 bits per heavy atom. The van der Waals surface area contributed by atoms with Crippen LogP contribution < -0.4 is 10.1 Å². The van der Waals surface area contributed by atoms with E-state index in [9.17, 15) is 4.79 Å². The fourth-order valence-electron chi connectivity index (χ4n) is 2.66. The molecular weight excluding hydrogens is 431 g/mol. The van der Waals surface area contributed by atoms with Crippen LogP contribution in [0.1, 0.15) is 5.56 Å². The Kier molecular flexibility index (Phi) is 5.53. The summed E-state index contributed by atoms with van der Waals surface area (Å²) in [5.41, 5.74) is 2.43. The lowest BCUT2D eigenvalue weighted by Gasteiger charge is -2.02. The van der Waals surface area contributed by atoms with Crippen LogP contribution in [0.2, 0.25) is 10.0 Å². The predicted octanol–water partition coefficient (Wildman–Crippen LogP) is 5.43. The number of amides is 1. The molecule has 0 aliphatic carbocycles. The van der Waals surface area contributed by atoms with Gasteiger partial charge in [-0.3, -0.25) is 10.1 Å². The van der Waals surface area contributed by atoms with E-state index in [1.807, 2.05) is 35.7 Å². The summed E-state index contributed by atoms with van der Waals surface area (Å²) in [7, 11) is 1.60. The Hall–Kier alpha value is -2.87. The molecule has 2 aromatic carbocycles. The molecule has 0 spiro atoms. The first-order valence-corrected chi connectivity index (χ1v) is 10.1. The predicted molar refractivity (Wildman–Crippen MR) is 117 cm³/mol. The molecule has 1 N–H and O–H groups in total. The van der Waals surface area contributed by atoms with E-state index in [0.717, 1.165) is 22.6 Å². The fourth-order valence-corrected chi connectivity index (χ4v) is 3.98. The van der Waals surface area contributed by atoms with Crippen molar-refractivity contribution in [1.29, 1.82) is 0 Å². The second kappa shape index (κ2) is 8.24. The summed E-state index contributed by atoms with van der Waals surface area (Å²) in [4.78, 5) is 17.2. The number of fused-ring (bicyclic) bond motifs is 1. The first-order chi connectivity index (χ1) is 14.0. The molecule has 0 saturated carbocycles. The van der Waals surface area contributed by atoms with Gasteiger partial charge in [0.15, 0.2) is 0 Å². The van der Waals surface area contributed by atoms with Crippen molar-refractivity contribution in [2.24, 2.45) is 0 Å². The zero-order valence-electron chi connectivity index (χ0n) is 15.1. The van der Waals surface area contributed by atoms with Crippen LogP contribution in [0.4, 0.5) is 5.95 Å². The molecule has 0 fully saturated rings. The average Bonchev–Trinajstić information content (AvgIpc) is 3.27. The number of nitrogens with one attached hydrogen (secondary N) is 1. The molecule has 0 bridgehead atoms. The fraction of sp³-hybridized carbons (Fsp3) is 0.0500. The number of halogens is 2. The van der Waals surface area contributed by atoms with Crippen molar-refractivity contribution < 1.29 is 9.53 Å². The molecule has 0 atom stereocenters. The second-order valence-electron chi connectivity index (χ2n) is 5.97. The van der Waals surface area contributed by atoms with E-state index in [0.29, 0.717) is 15.0 Å². The number of anilines is 1. The van der Waals surface area contributed by atoms with Crippen LogP contribution in [0.5, 0.6) is 5.75 Å². The van der Waals surface area contributed by atoms with Gasteiger partial charge >= 0.3 is 0 Å². The van der Waals surface area contributed by atoms with E-state index in [1.54, 1.807) is 29.8 Å². The minimum absolute atomic E-state index is 0.215. The number of carbonyl (C=O) groups excluding carboxylic acids is 1. The van der Waals surface area contributed by atoms with E-state index in [1.165, 1.54) is 17.4 Å². The van der Waals surface area contributed by atoms with Crippen molar-refractivity contribution >= 4 is 57.4 Å². The van der Waals surface area contributed by atoms with E-state index >= 15 is 0 Å². The van der Waals surface area contributed by atoms with Gasteiger partial charge in [-0.1, -0.05) is 35.3 Å². The summed E-state index contributed by atoms with van der Waals surface area (Å²) in [6.45, 7) is 0. The first-order valence-electron chi connectivity index (χ1n) is 8.46. The maximum Gasteiger partial charge on any atom is 0.250 e. The Labute approximate surface area is 180 Å². The van der Waals surface area contributed by atoms with Gasteiger partial charge in [-0.05, 0) is 42.0 Å². The van der Waals surface area contributed by atoms with Gasteiger partial charge in [-0.25, -0.2) is 4.52 Å². The van der Waals surface area contributed by atoms with Crippen molar-refractivity contribution in [3.8, 4) is 17.0 Å². The lowest BCUT2D eigenvalue weighted by atomic mass is 10.2. The quantitative estimate of drug-likeness (QED) is 0.417. The molecule has 0 radical (unpaired) electrons. The Morgan fingerprint density at radius 2 is 2.00 bits per heavy atom. The van der Waals surface area contributed by atoms with Crippen LogP contribution >= 0.6 is 34.5 Å². The number of benzene rings is 2. The molecule has 2 aromatic heterocycles. The van der Waals surface area contributed by atoms with E-state index < -0.39 is 0 Å². The Bertz CT molecular complexity index is 1220. The molecular formula is C20H14Cl2N4O2S. The van der Waals surface area contributed by atoms with Crippen LogP contribution in [0.3, 0.4) is 0 Å². The molecule has 0 unspecified atom stereocenters. The third kappa shape index (κ3) is 4.27. The summed E-state index contributed by atoms with van der Waals surface area (Å²) >= 11 is 13.7. The number of hydrogen-bond acceptors (Lipinski definition) is 5. The highest BCUT2D eigenvalue weighted by molar-refractivity contribution is 7.15. The van der Waals surface area contributed by atoms with Crippen LogP contribution in [-0.2, 0) is 4.79 Å². The topological polar surface area (TPSA) is 68.5 Å². The van der Waals surface area contributed by atoms with Crippen molar-refractivity contribution in [3.63, 3.8) is 0 Å². The molecule has 1 amide bonds. The summed E-state index contributed by atoms with van der Waals surface area (Å²) in [5.74, 6) is 0.642. The van der Waals surface area contributed by atoms with Gasteiger partial charge in [0, 0.05) is 22.0 Å². The Balaban J connectivity index is 1.52. The number of methoxy groups -OCH3 is 1. The number of ether oxygens (including phenoxy) is 1. The number of nitrogens with zero attached hydrogens (tertiary/aromatic N) is 3. The van der Waals surface area contributed by atoms with Crippen molar-refractivity contribution in [2.75, 3.05) is 12.4 Å². The molecule has 0 aliphatic heterocycles. The molecule has 146 valence electrons. The highest BCUT2D eigenvalue weighted by Gasteiger charge is 2.14. The number of hydrogen-bond donors (Lipinski definition) is 1. The summed E-state index contributed by atoms with van der Waals surface area (Å²) < 4.78 is 6.76. The maximum absolute atomic E-state index is 12.2. The van der Waals surface area contributed by atoms with Crippen molar-refractivity contribution in [2.45, 2.75) is 0 Å². The standard InChI is InChI=1S/C20H14Cl2N4O2S/c1-28-14-6-2-12(3-7-14)4-9-18(27)23-19-24-20-26(25-19)17(11-29-20)15-8-5-13(21)10-16(15)22/h2-11H,1H3,(H,23,25,27)/b9-4+. The number of thiazole rings is 1. The van der Waals surface area contributed by atoms with Gasteiger partial charge in [0.1, 0.15) is 5.75 Å². The SMILES string of the molecule is COc1ccc(/C=C/C(=O)Nc2nc3scc(-c4ccc(Cl)cc4Cl)n3n2)cc1. The van der Waals surface area contributed by atoms with E-state index in [2.05, 4.69) is 15.4 Å². The summed E-state index contributed by atoms with van der Waals surface area (Å²) in [5, 5.41) is 10.0. The Morgan fingerprint density at radius 1 is 1.21 bits per heavy atom. The molecule has 6 nitrogen and oxygen atoms in total. The summed E-state index contributed by atoms with van der Waals surface area (Å²) in [6.07, 6.45) is 3.13. The largest absolute Gasteiger partial charge is 0.497 e. The van der Waals surface area contributed by atoms with Gasteiger partial charge in [-0.2, -0.15) is 4.98 Å². The normalized spacial score (nSPS) is 11.3. The molecule has 4 rings (SSSR count). The summed E-state index contributed by atoms with van der Waals surface area (Å²) in [6, 6.07) is 12.6. The van der Waals surface area contributed by atoms with Crippen molar-refractivity contribution in [1.82, 2.24) is 14.6 Å². The molecule has 2 heterocycles. The molecule has 9 heteroatoms. The maximum atomic E-state index is 12.2. The highest BCUT2D eigenvalue weighted by Crippen LogP contribution is 2.33. The minimum Gasteiger partial charge on any atom is -0.497 e. The van der Waals surface area contributed by atoms with Crippen molar-refractivity contribution in [3.05, 3.63) is 69.5 Å². The highest BCUT2D eigenvalue weighted by atomic mass is 35.5. The molecule has 0 aliphatic rings. The van der Waals surface area contributed by atoms with Crippen LogP contribution in [0, 0.1) is 0 Å². The first kappa shape index (κ1) is 19.4. The smallest absolute Gasteiger partial charge is 0.250 e. The third-order valence-electron chi connectivity index (χ3n) is 4.07. The number of carbonyl (C=O) groups is 1. The number of rotatable bonds is 5. The molecule has 4 aromatic rings. The zero-order chi connectivity index (χ0) is 20.4. The van der Waals surface area contributed by atoms with Gasteiger partial charge < -0.3 is 4.74 Å². The zero-order valence-corrected chi connectivity index (χ0v) is 17.4. The average molecular weight is 445 g/mol. The van der Waals surface area contributed by atoms with Crippen LogP contribution in [-0.4, -0.2) is 27.6 Å². The lowest BCUT2D eigenvalue weighted by molar-refractivity contribution is -0.111. The molecule has 0 saturated heterocycles. The lowest BCUT2D eigenvalue weighted by Crippen LogP contribution is -2.09. The third-order valence-corrected chi connectivity index (χ3v) is 5.43. The van der Waals surface area contributed by atoms with Gasteiger partial charge in [-0.15, -0.1) is 16.4 Å². The molecule has 29 heavy (non-hydrogen) atoms. The monoisotopic (exact) mass is 444 g/mol. The van der Waals surface area contributed by atoms with E-state index in [-0.39, 0.29) is 11.9 Å². The van der Waals surface area contributed by atoms with Gasteiger partial charge in [0.05, 0.1) is 17.8 Å². The van der Waals surface area contributed by atoms with E-state index in [4.69, 9.17) is 27.9 Å². The van der Waals surface area contributed by atoms with Crippen LogP contribution in [0.25, 0.3) is 22.3 Å². The van der Waals surface area contributed by atoms with Crippen LogP contribution in [0.15, 0.2) is 53.9 Å². The number of aromatic nitrogens is 3. The second-order valence-corrected chi connectivity index (χ2v) is 7.65. The van der Waals surface area contributed by atoms with Gasteiger partial charge in [0.2, 0.25) is 4.96 Å².